The molecule has 0 fully saturated rings. The number of nitrogens with zero attached hydrogens (tertiary/aromatic N) is 1. The van der Waals surface area contributed by atoms with Crippen molar-refractivity contribution in [1.29, 1.82) is 0 Å². The quantitative estimate of drug-likeness (QED) is 0.160. The van der Waals surface area contributed by atoms with Crippen LogP contribution in [0.25, 0.3) is 99.7 Å². The van der Waals surface area contributed by atoms with Gasteiger partial charge in [-0.3, -0.25) is 0 Å². The van der Waals surface area contributed by atoms with E-state index >= 15 is 0 Å². The Kier molecular flexibility index (Phi) is 8.59. The van der Waals surface area contributed by atoms with E-state index in [9.17, 15) is 0 Å². The van der Waals surface area contributed by atoms with Gasteiger partial charge in [-0.25, -0.2) is 4.98 Å². The van der Waals surface area contributed by atoms with Crippen molar-refractivity contribution in [3.05, 3.63) is 224 Å². The van der Waals surface area contributed by atoms with Crippen LogP contribution in [0.5, 0.6) is 0 Å². The van der Waals surface area contributed by atoms with Gasteiger partial charge in [0.1, 0.15) is 0 Å². The van der Waals surface area contributed by atoms with Gasteiger partial charge in [0.25, 0.3) is 0 Å². The summed E-state index contributed by atoms with van der Waals surface area (Å²) in [4.78, 5) is 5.36. The van der Waals surface area contributed by atoms with Crippen molar-refractivity contribution in [3.8, 4) is 78.1 Å². The Labute approximate surface area is 327 Å². The Morgan fingerprint density at radius 1 is 0.179 bits per heavy atom. The Morgan fingerprint density at radius 3 is 0.946 bits per heavy atom. The maximum atomic E-state index is 5.36. The smallest absolute Gasteiger partial charge is 0.0715 e. The van der Waals surface area contributed by atoms with Crippen molar-refractivity contribution in [3.63, 3.8) is 0 Å². The van der Waals surface area contributed by atoms with Gasteiger partial charge in [-0.1, -0.05) is 170 Å². The van der Waals surface area contributed by atoms with Crippen LogP contribution >= 0.6 is 0 Å². The number of pyridine rings is 1. The zero-order valence-corrected chi connectivity index (χ0v) is 30.8. The minimum absolute atomic E-state index is 0.945. The molecule has 0 radical (unpaired) electrons. The van der Waals surface area contributed by atoms with Crippen molar-refractivity contribution in [2.24, 2.45) is 0 Å². The zero-order chi connectivity index (χ0) is 37.3. The molecule has 0 saturated carbocycles. The van der Waals surface area contributed by atoms with Crippen LogP contribution in [0.1, 0.15) is 0 Å². The van der Waals surface area contributed by atoms with Crippen molar-refractivity contribution in [1.82, 2.24) is 4.98 Å². The highest BCUT2D eigenvalue weighted by atomic mass is 14.7. The molecule has 10 rings (SSSR count). The monoisotopic (exact) mass is 711 g/mol. The molecule has 0 bridgehead atoms. The summed E-state index contributed by atoms with van der Waals surface area (Å²) in [7, 11) is 0. The van der Waals surface area contributed by atoms with Crippen molar-refractivity contribution < 1.29 is 0 Å². The van der Waals surface area contributed by atoms with Crippen LogP contribution in [-0.2, 0) is 0 Å². The molecular formula is C55H37N. The molecule has 1 heterocycles. The molecule has 262 valence electrons. The van der Waals surface area contributed by atoms with E-state index in [1.807, 2.05) is 0 Å². The molecular weight excluding hydrogens is 675 g/mol. The van der Waals surface area contributed by atoms with Crippen LogP contribution in [0.4, 0.5) is 0 Å². The molecule has 0 spiro atoms. The van der Waals surface area contributed by atoms with Gasteiger partial charge in [0.2, 0.25) is 0 Å². The van der Waals surface area contributed by atoms with Gasteiger partial charge in [-0.05, 0) is 132 Å². The lowest BCUT2D eigenvalue weighted by Crippen LogP contribution is -1.93. The number of fused-ring (bicyclic) bond motifs is 2. The average molecular weight is 712 g/mol. The maximum Gasteiger partial charge on any atom is 0.0715 e. The fourth-order valence-corrected chi connectivity index (χ4v) is 7.84. The first-order chi connectivity index (χ1) is 27.7. The number of hydrogen-bond donors (Lipinski definition) is 0. The van der Waals surface area contributed by atoms with Crippen LogP contribution in [-0.4, -0.2) is 4.98 Å². The summed E-state index contributed by atoms with van der Waals surface area (Å²) in [6.07, 6.45) is 0. The van der Waals surface area contributed by atoms with E-state index in [4.69, 9.17) is 4.98 Å². The molecule has 0 aliphatic heterocycles. The second-order valence-electron chi connectivity index (χ2n) is 14.4. The number of rotatable bonds is 7. The van der Waals surface area contributed by atoms with E-state index in [-0.39, 0.29) is 0 Å². The SMILES string of the molecule is c1ccc(-c2cccc(-c3cc(-c4cccc(-c5ccccc5)c4)cc(-c4cc(-c5ccc6ccccc6c5)nc(-c5ccc6ccccc6c5)c4)c3)c2)cc1. The molecule has 0 aliphatic carbocycles. The van der Waals surface area contributed by atoms with E-state index in [0.29, 0.717) is 0 Å². The molecule has 9 aromatic carbocycles. The Morgan fingerprint density at radius 2 is 0.500 bits per heavy atom. The first kappa shape index (κ1) is 33.2. The molecule has 0 aliphatic rings. The third-order valence-corrected chi connectivity index (χ3v) is 10.8. The van der Waals surface area contributed by atoms with Gasteiger partial charge >= 0.3 is 0 Å². The van der Waals surface area contributed by atoms with E-state index < -0.39 is 0 Å². The predicted octanol–water partition coefficient (Wildman–Crippen LogP) is 15.1. The summed E-state index contributed by atoms with van der Waals surface area (Å²) >= 11 is 0. The van der Waals surface area contributed by atoms with Crippen LogP contribution in [0.2, 0.25) is 0 Å². The zero-order valence-electron chi connectivity index (χ0n) is 30.8. The maximum absolute atomic E-state index is 5.36. The summed E-state index contributed by atoms with van der Waals surface area (Å²) < 4.78 is 0. The van der Waals surface area contributed by atoms with Crippen LogP contribution in [0.15, 0.2) is 224 Å². The summed E-state index contributed by atoms with van der Waals surface area (Å²) in [5, 5.41) is 4.83. The normalized spacial score (nSPS) is 11.2. The fraction of sp³-hybridized carbons (Fsp3) is 0. The molecule has 1 heteroatoms. The summed E-state index contributed by atoms with van der Waals surface area (Å²) in [5.74, 6) is 0. The lowest BCUT2D eigenvalue weighted by molar-refractivity contribution is 1.33. The van der Waals surface area contributed by atoms with E-state index in [0.717, 1.165) is 44.8 Å². The molecule has 0 atom stereocenters. The van der Waals surface area contributed by atoms with Crippen molar-refractivity contribution in [2.45, 2.75) is 0 Å². The third kappa shape index (κ3) is 6.68. The highest BCUT2D eigenvalue weighted by Crippen LogP contribution is 2.38. The average Bonchev–Trinajstić information content (AvgIpc) is 3.29. The van der Waals surface area contributed by atoms with E-state index in [1.54, 1.807) is 0 Å². The lowest BCUT2D eigenvalue weighted by atomic mass is 9.90. The molecule has 0 saturated heterocycles. The molecule has 0 amide bonds. The summed E-state index contributed by atoms with van der Waals surface area (Å²) in [5.41, 5.74) is 15.8. The van der Waals surface area contributed by atoms with Gasteiger partial charge in [-0.2, -0.15) is 0 Å². The number of hydrogen-bond acceptors (Lipinski definition) is 1. The minimum atomic E-state index is 0.945. The molecule has 0 unspecified atom stereocenters. The summed E-state index contributed by atoms with van der Waals surface area (Å²) in [6.45, 7) is 0. The van der Waals surface area contributed by atoms with Gasteiger partial charge in [0.05, 0.1) is 11.4 Å². The van der Waals surface area contributed by atoms with Gasteiger partial charge in [0.15, 0.2) is 0 Å². The van der Waals surface area contributed by atoms with Crippen LogP contribution in [0, 0.1) is 0 Å². The van der Waals surface area contributed by atoms with Crippen molar-refractivity contribution in [2.75, 3.05) is 0 Å². The molecule has 1 nitrogen and oxygen atoms in total. The Bertz CT molecular complexity index is 2820. The standard InChI is InChI=1S/C55H37N/c1-3-13-38(14-4-1)44-21-11-23-46(29-44)50-33-51(47-24-12-22-45(30-47)39-15-5-2-6-16-39)35-52(34-50)53-36-54(48-27-25-40-17-7-9-19-42(40)31-48)56-55(37-53)49-28-26-41-18-8-10-20-43(41)32-49/h1-37H. The first-order valence-electron chi connectivity index (χ1n) is 19.2. The second kappa shape index (κ2) is 14.5. The third-order valence-electron chi connectivity index (χ3n) is 10.8. The highest BCUT2D eigenvalue weighted by molar-refractivity contribution is 5.91. The van der Waals surface area contributed by atoms with Crippen molar-refractivity contribution >= 4 is 21.5 Å². The lowest BCUT2D eigenvalue weighted by Gasteiger charge is -2.15. The number of aromatic nitrogens is 1. The highest BCUT2D eigenvalue weighted by Gasteiger charge is 2.14. The van der Waals surface area contributed by atoms with E-state index in [1.165, 1.54) is 54.9 Å². The summed E-state index contributed by atoms with van der Waals surface area (Å²) in [6, 6.07) is 81.0. The van der Waals surface area contributed by atoms with Gasteiger partial charge in [0, 0.05) is 11.1 Å². The molecule has 1 aromatic heterocycles. The minimum Gasteiger partial charge on any atom is -0.248 e. The second-order valence-corrected chi connectivity index (χ2v) is 14.4. The fourth-order valence-electron chi connectivity index (χ4n) is 7.84. The van der Waals surface area contributed by atoms with Crippen LogP contribution < -0.4 is 0 Å². The van der Waals surface area contributed by atoms with Crippen LogP contribution in [0.3, 0.4) is 0 Å². The Balaban J connectivity index is 1.19. The molecule has 56 heavy (non-hydrogen) atoms. The predicted molar refractivity (Wildman–Crippen MR) is 237 cm³/mol. The Hall–Kier alpha value is -7.35. The molecule has 0 N–H and O–H groups in total. The van der Waals surface area contributed by atoms with Gasteiger partial charge < -0.3 is 0 Å². The number of benzene rings is 9. The van der Waals surface area contributed by atoms with E-state index in [2.05, 4.69) is 224 Å². The largest absolute Gasteiger partial charge is 0.248 e. The molecule has 10 aromatic rings. The topological polar surface area (TPSA) is 12.9 Å². The van der Waals surface area contributed by atoms with Gasteiger partial charge in [-0.15, -0.1) is 0 Å². The first-order valence-corrected chi connectivity index (χ1v) is 19.2.